The number of anilines is 1. The summed E-state index contributed by atoms with van der Waals surface area (Å²) in [4.78, 5) is 6.24. The van der Waals surface area contributed by atoms with Crippen molar-refractivity contribution in [2.45, 2.75) is 4.34 Å². The number of thiazole rings is 1. The molecule has 0 amide bonds. The Morgan fingerprint density at radius 2 is 2.05 bits per heavy atom. The Kier molecular flexibility index (Phi) is 3.17. The van der Waals surface area contributed by atoms with Crippen molar-refractivity contribution in [1.29, 1.82) is 0 Å². The monoisotopic (exact) mass is 299 g/mol. The Balaban J connectivity index is 2.00. The molecular formula is C11H13N3O3S2. The van der Waals surface area contributed by atoms with E-state index in [1.54, 1.807) is 0 Å². The Labute approximate surface area is 114 Å². The van der Waals surface area contributed by atoms with Crippen molar-refractivity contribution in [2.75, 3.05) is 31.2 Å². The van der Waals surface area contributed by atoms with E-state index in [1.807, 2.05) is 18.2 Å². The molecule has 0 unspecified atom stereocenters. The van der Waals surface area contributed by atoms with Crippen LogP contribution in [-0.4, -0.2) is 39.7 Å². The molecule has 8 heteroatoms. The lowest BCUT2D eigenvalue weighted by atomic mass is 10.2. The highest BCUT2D eigenvalue weighted by atomic mass is 32.2. The van der Waals surface area contributed by atoms with Crippen molar-refractivity contribution in [3.63, 3.8) is 0 Å². The summed E-state index contributed by atoms with van der Waals surface area (Å²) in [5, 5.41) is 5.09. The highest BCUT2D eigenvalue weighted by Crippen LogP contribution is 2.29. The van der Waals surface area contributed by atoms with E-state index in [1.165, 1.54) is 0 Å². The van der Waals surface area contributed by atoms with Crippen LogP contribution >= 0.6 is 11.3 Å². The van der Waals surface area contributed by atoms with Gasteiger partial charge in [0.1, 0.15) is 0 Å². The molecule has 2 aromatic rings. The predicted molar refractivity (Wildman–Crippen MR) is 74.0 cm³/mol. The fourth-order valence-corrected chi connectivity index (χ4v) is 3.72. The maximum absolute atomic E-state index is 11.3. The summed E-state index contributed by atoms with van der Waals surface area (Å²) < 4.78 is 28.7. The molecule has 0 spiro atoms. The first kappa shape index (κ1) is 12.8. The van der Waals surface area contributed by atoms with Crippen LogP contribution in [0.25, 0.3) is 10.2 Å². The van der Waals surface area contributed by atoms with Crippen molar-refractivity contribution in [1.82, 2.24) is 4.98 Å². The van der Waals surface area contributed by atoms with Crippen LogP contribution in [-0.2, 0) is 14.8 Å². The second-order valence-electron chi connectivity index (χ2n) is 4.28. The third-order valence-corrected chi connectivity index (χ3v) is 5.31. The number of benzene rings is 1. The second kappa shape index (κ2) is 4.71. The number of hydrogen-bond donors (Lipinski definition) is 1. The zero-order chi connectivity index (χ0) is 13.5. The van der Waals surface area contributed by atoms with Crippen molar-refractivity contribution < 1.29 is 13.2 Å². The number of nitrogens with two attached hydrogens (primary N) is 1. The number of nitrogens with zero attached hydrogens (tertiary/aromatic N) is 2. The first-order valence-electron chi connectivity index (χ1n) is 5.80. The molecule has 3 rings (SSSR count). The van der Waals surface area contributed by atoms with Crippen LogP contribution in [0.4, 0.5) is 5.69 Å². The molecule has 0 saturated carbocycles. The van der Waals surface area contributed by atoms with Crippen molar-refractivity contribution in [2.24, 2.45) is 5.14 Å². The van der Waals surface area contributed by atoms with E-state index in [0.29, 0.717) is 18.7 Å². The lowest BCUT2D eigenvalue weighted by molar-refractivity contribution is 0.122. The molecule has 2 N–H and O–H groups in total. The molecule has 1 fully saturated rings. The summed E-state index contributed by atoms with van der Waals surface area (Å²) in [6.07, 6.45) is 0. The van der Waals surface area contributed by atoms with Gasteiger partial charge in [0.05, 0.1) is 23.4 Å². The van der Waals surface area contributed by atoms with E-state index in [-0.39, 0.29) is 4.34 Å². The molecule has 1 aromatic carbocycles. The van der Waals surface area contributed by atoms with Gasteiger partial charge in [0.2, 0.25) is 4.34 Å². The van der Waals surface area contributed by atoms with Crippen LogP contribution in [0.3, 0.4) is 0 Å². The molecule has 1 aliphatic heterocycles. The van der Waals surface area contributed by atoms with Gasteiger partial charge >= 0.3 is 0 Å². The standard InChI is InChI=1S/C11H13N3O3S2/c12-19(15,16)11-13-9-2-1-8(7-10(9)18-11)14-3-5-17-6-4-14/h1-2,7H,3-6H2,(H2,12,15,16). The van der Waals surface area contributed by atoms with E-state index in [0.717, 1.165) is 34.8 Å². The van der Waals surface area contributed by atoms with Gasteiger partial charge in [-0.15, -0.1) is 11.3 Å². The fraction of sp³-hybridized carbons (Fsp3) is 0.364. The van der Waals surface area contributed by atoms with E-state index < -0.39 is 10.0 Å². The molecular weight excluding hydrogens is 286 g/mol. The van der Waals surface area contributed by atoms with Gasteiger partial charge in [0, 0.05) is 18.8 Å². The normalized spacial score (nSPS) is 17.0. The van der Waals surface area contributed by atoms with Gasteiger partial charge in [0.15, 0.2) is 0 Å². The van der Waals surface area contributed by atoms with Gasteiger partial charge < -0.3 is 9.64 Å². The third-order valence-electron chi connectivity index (χ3n) is 2.97. The number of sulfonamides is 1. The van der Waals surface area contributed by atoms with Crippen molar-refractivity contribution >= 4 is 37.3 Å². The zero-order valence-corrected chi connectivity index (χ0v) is 11.7. The SMILES string of the molecule is NS(=O)(=O)c1nc2ccc(N3CCOCC3)cc2s1. The van der Waals surface area contributed by atoms with Gasteiger partial charge in [-0.25, -0.2) is 18.5 Å². The number of morpholine rings is 1. The highest BCUT2D eigenvalue weighted by Gasteiger charge is 2.16. The highest BCUT2D eigenvalue weighted by molar-refractivity contribution is 7.91. The quantitative estimate of drug-likeness (QED) is 0.885. The molecule has 1 saturated heterocycles. The summed E-state index contributed by atoms with van der Waals surface area (Å²) in [6, 6.07) is 5.72. The van der Waals surface area contributed by atoms with Crippen LogP contribution in [0.1, 0.15) is 0 Å². The van der Waals surface area contributed by atoms with Crippen molar-refractivity contribution in [3.05, 3.63) is 18.2 Å². The first-order chi connectivity index (χ1) is 9.04. The summed E-state index contributed by atoms with van der Waals surface area (Å²) in [5.74, 6) is 0. The molecule has 1 aliphatic rings. The maximum atomic E-state index is 11.3. The largest absolute Gasteiger partial charge is 0.378 e. The second-order valence-corrected chi connectivity index (χ2v) is 7.04. The smallest absolute Gasteiger partial charge is 0.265 e. The topological polar surface area (TPSA) is 85.5 Å². The van der Waals surface area contributed by atoms with E-state index >= 15 is 0 Å². The Hall–Kier alpha value is -1.22. The number of rotatable bonds is 2. The molecule has 1 aromatic heterocycles. The molecule has 0 bridgehead atoms. The number of primary sulfonamides is 1. The summed E-state index contributed by atoms with van der Waals surface area (Å²) in [7, 11) is -3.73. The molecule has 6 nitrogen and oxygen atoms in total. The first-order valence-corrected chi connectivity index (χ1v) is 8.16. The van der Waals surface area contributed by atoms with E-state index in [2.05, 4.69) is 9.88 Å². The lowest BCUT2D eigenvalue weighted by Gasteiger charge is -2.28. The minimum atomic E-state index is -3.73. The molecule has 0 radical (unpaired) electrons. The number of fused-ring (bicyclic) bond motifs is 1. The van der Waals surface area contributed by atoms with Gasteiger partial charge in [-0.1, -0.05) is 0 Å². The third kappa shape index (κ3) is 2.57. The lowest BCUT2D eigenvalue weighted by Crippen LogP contribution is -2.36. The molecule has 102 valence electrons. The van der Waals surface area contributed by atoms with Gasteiger partial charge in [-0.2, -0.15) is 0 Å². The fourth-order valence-electron chi connectivity index (χ4n) is 2.03. The van der Waals surface area contributed by atoms with E-state index in [9.17, 15) is 8.42 Å². The summed E-state index contributed by atoms with van der Waals surface area (Å²) in [6.45, 7) is 3.10. The number of aromatic nitrogens is 1. The zero-order valence-electron chi connectivity index (χ0n) is 10.1. The van der Waals surface area contributed by atoms with Crippen LogP contribution in [0.15, 0.2) is 22.5 Å². The minimum Gasteiger partial charge on any atom is -0.378 e. The Bertz CT molecular complexity index is 705. The molecule has 2 heterocycles. The summed E-state index contributed by atoms with van der Waals surface area (Å²) >= 11 is 1.10. The summed E-state index contributed by atoms with van der Waals surface area (Å²) in [5.41, 5.74) is 1.71. The Morgan fingerprint density at radius 3 is 2.74 bits per heavy atom. The van der Waals surface area contributed by atoms with E-state index in [4.69, 9.17) is 9.88 Å². The number of hydrogen-bond acceptors (Lipinski definition) is 6. The van der Waals surface area contributed by atoms with Crippen LogP contribution in [0.5, 0.6) is 0 Å². The minimum absolute atomic E-state index is 0.0402. The van der Waals surface area contributed by atoms with Gasteiger partial charge in [-0.05, 0) is 18.2 Å². The predicted octanol–water partition coefficient (Wildman–Crippen LogP) is 0.780. The average Bonchev–Trinajstić information content (AvgIpc) is 2.82. The number of ether oxygens (including phenoxy) is 1. The molecule has 19 heavy (non-hydrogen) atoms. The molecule has 0 aliphatic carbocycles. The van der Waals surface area contributed by atoms with Crippen LogP contribution in [0, 0.1) is 0 Å². The maximum Gasteiger partial charge on any atom is 0.265 e. The Morgan fingerprint density at radius 1 is 1.32 bits per heavy atom. The molecule has 0 atom stereocenters. The van der Waals surface area contributed by atoms with Crippen LogP contribution < -0.4 is 10.0 Å². The van der Waals surface area contributed by atoms with Crippen molar-refractivity contribution in [3.8, 4) is 0 Å². The average molecular weight is 299 g/mol. The van der Waals surface area contributed by atoms with Crippen LogP contribution in [0.2, 0.25) is 0 Å². The van der Waals surface area contributed by atoms with Gasteiger partial charge in [-0.3, -0.25) is 0 Å². The van der Waals surface area contributed by atoms with Gasteiger partial charge in [0.25, 0.3) is 10.0 Å².